The summed E-state index contributed by atoms with van der Waals surface area (Å²) in [5, 5.41) is -0.416. The molecule has 2 aromatic rings. The summed E-state index contributed by atoms with van der Waals surface area (Å²) in [6, 6.07) is 5.16. The number of aromatic nitrogens is 2. The molecule has 0 aliphatic carbocycles. The lowest BCUT2D eigenvalue weighted by atomic mass is 10.1. The predicted octanol–water partition coefficient (Wildman–Crippen LogP) is 0.950. The summed E-state index contributed by atoms with van der Waals surface area (Å²) in [7, 11) is -3.05. The maximum Gasteiger partial charge on any atom is 0.254 e. The van der Waals surface area contributed by atoms with E-state index in [0.717, 1.165) is 17.2 Å². The molecule has 20 heavy (non-hydrogen) atoms. The van der Waals surface area contributed by atoms with Crippen LogP contribution in [0.25, 0.3) is 11.0 Å². The molecule has 1 saturated heterocycles. The molecule has 0 unspecified atom stereocenters. The lowest BCUT2D eigenvalue weighted by molar-refractivity contribution is 0.0659. The molecule has 1 aromatic carbocycles. The fourth-order valence-corrected chi connectivity index (χ4v) is 3.97. The van der Waals surface area contributed by atoms with E-state index in [2.05, 4.69) is 8.75 Å². The van der Waals surface area contributed by atoms with Gasteiger partial charge in [-0.25, -0.2) is 8.42 Å². The minimum Gasteiger partial charge on any atom is -0.336 e. The van der Waals surface area contributed by atoms with E-state index < -0.39 is 15.1 Å². The van der Waals surface area contributed by atoms with Gasteiger partial charge >= 0.3 is 0 Å². The molecule has 0 radical (unpaired) electrons. The van der Waals surface area contributed by atoms with Gasteiger partial charge in [-0.15, -0.1) is 0 Å². The summed E-state index contributed by atoms with van der Waals surface area (Å²) >= 11 is 1.10. The van der Waals surface area contributed by atoms with Crippen LogP contribution in [-0.4, -0.2) is 52.1 Å². The third-order valence-corrected chi connectivity index (χ3v) is 6.22. The Morgan fingerprint density at radius 1 is 1.35 bits per heavy atom. The summed E-state index contributed by atoms with van der Waals surface area (Å²) in [4.78, 5) is 13.8. The number of carbonyl (C=O) groups excluding carboxylic acids is 1. The van der Waals surface area contributed by atoms with Gasteiger partial charge in [0.05, 0.1) is 17.0 Å². The molecule has 1 aromatic heterocycles. The maximum atomic E-state index is 12.2. The topological polar surface area (TPSA) is 80.2 Å². The van der Waals surface area contributed by atoms with Gasteiger partial charge in [0, 0.05) is 24.4 Å². The van der Waals surface area contributed by atoms with Gasteiger partial charge in [-0.1, -0.05) is 6.92 Å². The molecule has 0 saturated carbocycles. The zero-order valence-corrected chi connectivity index (χ0v) is 12.4. The molecule has 2 heterocycles. The third-order valence-electron chi connectivity index (χ3n) is 3.55. The first kappa shape index (κ1) is 13.4. The van der Waals surface area contributed by atoms with Crippen LogP contribution in [-0.2, 0) is 9.84 Å². The minimum atomic E-state index is -3.05. The molecular formula is C12H13N3O3S2. The van der Waals surface area contributed by atoms with Crippen molar-refractivity contribution >= 4 is 38.5 Å². The number of hydrogen-bond donors (Lipinski definition) is 0. The molecule has 8 heteroatoms. The Morgan fingerprint density at radius 3 is 2.75 bits per heavy atom. The van der Waals surface area contributed by atoms with Gasteiger partial charge in [0.25, 0.3) is 5.91 Å². The number of carbonyl (C=O) groups is 1. The van der Waals surface area contributed by atoms with Crippen molar-refractivity contribution in [3.05, 3.63) is 23.8 Å². The number of amides is 1. The van der Waals surface area contributed by atoms with E-state index in [1.807, 2.05) is 0 Å². The maximum absolute atomic E-state index is 12.2. The number of likely N-dealkylation sites (tertiary alicyclic amines) is 1. The Hall–Kier alpha value is -1.54. The van der Waals surface area contributed by atoms with Gasteiger partial charge in [-0.3, -0.25) is 4.79 Å². The number of sulfone groups is 1. The Balaban J connectivity index is 1.75. The van der Waals surface area contributed by atoms with Gasteiger partial charge in [-0.05, 0) is 18.2 Å². The first-order valence-corrected chi connectivity index (χ1v) is 8.69. The highest BCUT2D eigenvalue weighted by Gasteiger charge is 2.38. The number of hydrogen-bond acceptors (Lipinski definition) is 6. The van der Waals surface area contributed by atoms with Crippen LogP contribution in [0.1, 0.15) is 17.3 Å². The van der Waals surface area contributed by atoms with Crippen LogP contribution in [0.3, 0.4) is 0 Å². The van der Waals surface area contributed by atoms with Crippen molar-refractivity contribution in [3.63, 3.8) is 0 Å². The van der Waals surface area contributed by atoms with Crippen LogP contribution in [0, 0.1) is 0 Å². The number of nitrogens with zero attached hydrogens (tertiary/aromatic N) is 3. The van der Waals surface area contributed by atoms with Crippen molar-refractivity contribution < 1.29 is 13.2 Å². The number of benzene rings is 1. The smallest absolute Gasteiger partial charge is 0.254 e. The summed E-state index contributed by atoms with van der Waals surface area (Å²) in [6.45, 7) is 2.19. The SMILES string of the molecule is CCS(=O)(=O)C1CN(C(=O)c2ccc3nsnc3c2)C1. The lowest BCUT2D eigenvalue weighted by Crippen LogP contribution is -2.57. The zero-order chi connectivity index (χ0) is 14.3. The normalized spacial score (nSPS) is 16.4. The summed E-state index contributed by atoms with van der Waals surface area (Å²) in [5.41, 5.74) is 1.98. The molecule has 1 aliphatic heterocycles. The number of rotatable bonds is 3. The highest BCUT2D eigenvalue weighted by molar-refractivity contribution is 7.92. The molecule has 6 nitrogen and oxygen atoms in total. The van der Waals surface area contributed by atoms with E-state index in [4.69, 9.17) is 0 Å². The monoisotopic (exact) mass is 311 g/mol. The largest absolute Gasteiger partial charge is 0.336 e. The second-order valence-electron chi connectivity index (χ2n) is 4.75. The van der Waals surface area contributed by atoms with Gasteiger partial charge in [0.1, 0.15) is 11.0 Å². The highest BCUT2D eigenvalue weighted by atomic mass is 32.2. The van der Waals surface area contributed by atoms with Crippen LogP contribution in [0.2, 0.25) is 0 Å². The van der Waals surface area contributed by atoms with E-state index in [1.165, 1.54) is 0 Å². The Labute approximate surface area is 120 Å². The van der Waals surface area contributed by atoms with Crippen molar-refractivity contribution in [1.29, 1.82) is 0 Å². The van der Waals surface area contributed by atoms with Crippen LogP contribution in [0.5, 0.6) is 0 Å². The fraction of sp³-hybridized carbons (Fsp3) is 0.417. The summed E-state index contributed by atoms with van der Waals surface area (Å²) < 4.78 is 31.5. The van der Waals surface area contributed by atoms with Crippen LogP contribution in [0.15, 0.2) is 18.2 Å². The van der Waals surface area contributed by atoms with Crippen LogP contribution in [0.4, 0.5) is 0 Å². The molecule has 0 atom stereocenters. The molecule has 0 spiro atoms. The van der Waals surface area contributed by atoms with Gasteiger partial charge in [0.2, 0.25) is 0 Å². The van der Waals surface area contributed by atoms with Crippen molar-refractivity contribution in [3.8, 4) is 0 Å². The average Bonchev–Trinajstić information content (AvgIpc) is 2.83. The quantitative estimate of drug-likeness (QED) is 0.843. The van der Waals surface area contributed by atoms with Gasteiger partial charge in [0.15, 0.2) is 9.84 Å². The van der Waals surface area contributed by atoms with Crippen molar-refractivity contribution in [2.24, 2.45) is 0 Å². The predicted molar refractivity (Wildman–Crippen MR) is 76.6 cm³/mol. The first-order chi connectivity index (χ1) is 9.51. The van der Waals surface area contributed by atoms with Crippen molar-refractivity contribution in [2.45, 2.75) is 12.2 Å². The molecule has 0 bridgehead atoms. The van der Waals surface area contributed by atoms with E-state index in [-0.39, 0.29) is 24.7 Å². The molecule has 3 rings (SSSR count). The van der Waals surface area contributed by atoms with Crippen LogP contribution >= 0.6 is 11.7 Å². The third kappa shape index (κ3) is 2.18. The second kappa shape index (κ2) is 4.78. The Morgan fingerprint density at radius 2 is 2.05 bits per heavy atom. The molecule has 106 valence electrons. The molecule has 1 amide bonds. The first-order valence-electron chi connectivity index (χ1n) is 6.24. The summed E-state index contributed by atoms with van der Waals surface area (Å²) in [5.74, 6) is -0.0293. The zero-order valence-electron chi connectivity index (χ0n) is 10.8. The van der Waals surface area contributed by atoms with E-state index >= 15 is 0 Å². The van der Waals surface area contributed by atoms with E-state index in [0.29, 0.717) is 11.1 Å². The standard InChI is InChI=1S/C12H13N3O3S2/c1-2-20(17,18)9-6-15(7-9)12(16)8-3-4-10-11(5-8)14-19-13-10/h3-5,9H,2,6-7H2,1H3. The van der Waals surface area contributed by atoms with Gasteiger partial charge in [-0.2, -0.15) is 8.75 Å². The molecule has 1 fully saturated rings. The summed E-state index contributed by atoms with van der Waals surface area (Å²) in [6.07, 6.45) is 0. The fourth-order valence-electron chi connectivity index (χ4n) is 2.16. The molecule has 1 aliphatic rings. The Kier molecular flexibility index (Phi) is 3.21. The Bertz CT molecular complexity index is 763. The van der Waals surface area contributed by atoms with E-state index in [9.17, 15) is 13.2 Å². The van der Waals surface area contributed by atoms with Crippen molar-refractivity contribution in [1.82, 2.24) is 13.6 Å². The second-order valence-corrected chi connectivity index (χ2v) is 7.85. The van der Waals surface area contributed by atoms with E-state index in [1.54, 1.807) is 30.0 Å². The molecular weight excluding hydrogens is 298 g/mol. The van der Waals surface area contributed by atoms with Crippen molar-refractivity contribution in [2.75, 3.05) is 18.8 Å². The number of fused-ring (bicyclic) bond motifs is 1. The van der Waals surface area contributed by atoms with Gasteiger partial charge < -0.3 is 4.90 Å². The van der Waals surface area contributed by atoms with Crippen LogP contribution < -0.4 is 0 Å². The average molecular weight is 311 g/mol. The molecule has 0 N–H and O–H groups in total. The minimum absolute atomic E-state index is 0.121. The highest BCUT2D eigenvalue weighted by Crippen LogP contribution is 2.21. The lowest BCUT2D eigenvalue weighted by Gasteiger charge is -2.38.